The summed E-state index contributed by atoms with van der Waals surface area (Å²) in [5.74, 6) is 16.2. The highest BCUT2D eigenvalue weighted by Crippen LogP contribution is 3.62. The molecule has 0 saturated heterocycles. The molecule has 0 nitrogen and oxygen atoms in total. The zero-order valence-electron chi connectivity index (χ0n) is 17.8. The number of fused-ring (bicyclic) bond motifs is 9. The molecule has 21 fully saturated rings. The molecule has 0 bridgehead atoms. The number of hydrogen-bond acceptors (Lipinski definition) is 0. The minimum absolute atomic E-state index is 0.911. The topological polar surface area (TPSA) is 0 Å². The van der Waals surface area contributed by atoms with Gasteiger partial charge in [-0.3, -0.25) is 0 Å². The van der Waals surface area contributed by atoms with Crippen LogP contribution in [0.3, 0.4) is 0 Å². The molecule has 21 saturated carbocycles. The molecule has 13 spiro atoms. The first kappa shape index (κ1) is 10.7. The summed E-state index contributed by atoms with van der Waals surface area (Å²) in [7, 11) is 0. The summed E-state index contributed by atoms with van der Waals surface area (Å²) in [6.07, 6.45) is 3.58. The third-order valence-corrected chi connectivity index (χ3v) is 26.4. The Morgan fingerprint density at radius 2 is 1.10 bits per heavy atom. The van der Waals surface area contributed by atoms with Crippen LogP contribution in [0.4, 0.5) is 0 Å². The first-order valence-corrected chi connectivity index (χ1v) is 15.2. The lowest BCUT2D eigenvalue weighted by molar-refractivity contribution is -1.10. The van der Waals surface area contributed by atoms with Gasteiger partial charge in [0.1, 0.15) is 0 Å². The van der Waals surface area contributed by atoms with E-state index in [0.29, 0.717) is 0 Å². The summed E-state index contributed by atoms with van der Waals surface area (Å²) >= 11 is 0. The first-order valence-electron chi connectivity index (χ1n) is 15.2. The van der Waals surface area contributed by atoms with Gasteiger partial charge in [0.2, 0.25) is 0 Å². The van der Waals surface area contributed by atoms with Crippen molar-refractivity contribution < 1.29 is 0 Å². The van der Waals surface area contributed by atoms with Gasteiger partial charge in [-0.1, -0.05) is 13.8 Å². The van der Waals surface area contributed by atoms with Crippen molar-refractivity contribution in [3.05, 3.63) is 0 Å². The third-order valence-electron chi connectivity index (χ3n) is 26.4. The van der Waals surface area contributed by atoms with Crippen molar-refractivity contribution >= 4 is 0 Å². The number of hydrogen-bond donors (Lipinski definition) is 0. The molecule has 0 heteroatoms. The van der Waals surface area contributed by atoms with Gasteiger partial charge in [-0.15, -0.1) is 0 Å². The summed E-state index contributed by atoms with van der Waals surface area (Å²) in [6, 6.07) is 0. The van der Waals surface area contributed by atoms with Crippen molar-refractivity contribution in [3.8, 4) is 0 Å². The van der Waals surface area contributed by atoms with E-state index in [0.717, 1.165) is 81.2 Å². The normalized spacial score (nSPS) is 136. The summed E-state index contributed by atoms with van der Waals surface area (Å²) in [5.41, 5.74) is 15.9. The van der Waals surface area contributed by atoms with E-state index in [1.807, 2.05) is 0 Å². The van der Waals surface area contributed by atoms with Crippen LogP contribution in [0, 0.1) is 152 Å². The molecule has 27 unspecified atom stereocenters. The van der Waals surface area contributed by atoms with Crippen molar-refractivity contribution in [1.29, 1.82) is 0 Å². The van der Waals surface area contributed by atoms with Crippen molar-refractivity contribution in [3.63, 3.8) is 0 Å². The zero-order chi connectivity index (χ0) is 17.8. The van der Waals surface area contributed by atoms with Gasteiger partial charge in [-0.2, -0.15) is 0 Å². The highest BCUT2D eigenvalue weighted by Gasteiger charge is 3.61. The molecule has 0 aliphatic heterocycles. The van der Waals surface area contributed by atoms with Crippen molar-refractivity contribution in [1.82, 2.24) is 0 Å². The molecule has 0 amide bonds. The average molecular weight is 395 g/mol. The van der Waals surface area contributed by atoms with Crippen LogP contribution in [0.15, 0.2) is 0 Å². The average Bonchev–Trinajstić information content (AvgIpc) is 3.20. The molecule has 27 atom stereocenters. The Bertz CT molecular complexity index is 1790. The summed E-state index contributed by atoms with van der Waals surface area (Å²) < 4.78 is 0. The van der Waals surface area contributed by atoms with Crippen LogP contribution >= 0.6 is 0 Å². The fourth-order valence-electron chi connectivity index (χ4n) is 32.8. The maximum Gasteiger partial charge on any atom is -0.000762 e. The minimum Gasteiger partial charge on any atom is -0.0582 e. The molecule has 0 radical (unpaired) electrons. The van der Waals surface area contributed by atoms with Crippen LogP contribution in [0.5, 0.6) is 0 Å². The van der Waals surface area contributed by atoms with Gasteiger partial charge in [-0.25, -0.2) is 0 Å². The van der Waals surface area contributed by atoms with Crippen LogP contribution in [-0.4, -0.2) is 0 Å². The Kier molecular flexibility index (Phi) is 0.533. The molecule has 0 aromatic rings. The molecule has 21 aliphatic carbocycles. The molecule has 31 heavy (non-hydrogen) atoms. The Morgan fingerprint density at radius 1 is 0.452 bits per heavy atom. The predicted octanol–water partition coefficient (Wildman–Crippen LogP) is 3.28. The molecule has 21 aliphatic rings. The maximum atomic E-state index is 3.02. The minimum atomic E-state index is 0.911. The van der Waals surface area contributed by atoms with Gasteiger partial charge in [0.05, 0.1) is 0 Å². The lowest BCUT2D eigenvalue weighted by Crippen LogP contribution is -3.53. The second-order valence-corrected chi connectivity index (χ2v) is 19.8. The van der Waals surface area contributed by atoms with E-state index in [-0.39, 0.29) is 0 Å². The molecule has 0 aromatic carbocycles. The Balaban J connectivity index is 1.15. The fourth-order valence-corrected chi connectivity index (χ4v) is 32.8. The van der Waals surface area contributed by atoms with Crippen molar-refractivity contribution in [2.45, 2.75) is 26.7 Å². The summed E-state index contributed by atoms with van der Waals surface area (Å²) in [4.78, 5) is 0. The van der Waals surface area contributed by atoms with Crippen LogP contribution < -0.4 is 0 Å². The van der Waals surface area contributed by atoms with E-state index in [4.69, 9.17) is 0 Å². The van der Waals surface area contributed by atoms with Crippen LogP contribution in [0.2, 0.25) is 0 Å². The van der Waals surface area contributed by atoms with E-state index < -0.39 is 0 Å². The molecule has 146 valence electrons. The zero-order valence-corrected chi connectivity index (χ0v) is 17.8. The van der Waals surface area contributed by atoms with E-state index in [1.165, 1.54) is 71.0 Å². The molecular formula is C31H22. The van der Waals surface area contributed by atoms with Gasteiger partial charge in [0.15, 0.2) is 0 Å². The SMILES string of the molecule is CC12C3C4C5C6C7CC8C9C%10CC%11C%12C%13C%14C3%15C1(C)C13C42C52C64C87C95C%10%11C%126C%13(C%14%151)C23C546. The Labute approximate surface area is 179 Å². The standard InChI is InChI=1S/C31H22/c1-17-15-14-12-10-7-3-5-9-6-4-8-11-13-16-21(15)18(17,2)29-22(14,17)26(12)24(10)19(5,7)23(9)20(6,8)25(11)27(13,28(16,21)29)31(26,29)30(23,24)25/h5-16H,3-4H2,1-2H3. The highest BCUT2D eigenvalue weighted by atomic mass is 15.6. The van der Waals surface area contributed by atoms with Crippen LogP contribution in [-0.2, 0) is 0 Å². The maximum absolute atomic E-state index is 3.02. The fraction of sp³-hybridized carbons (Fsp3) is 1.00. The van der Waals surface area contributed by atoms with Gasteiger partial charge >= 0.3 is 0 Å². The predicted molar refractivity (Wildman–Crippen MR) is 99.0 cm³/mol. The Hall–Kier alpha value is 0. The highest BCUT2D eigenvalue weighted by molar-refractivity contribution is 6.06. The van der Waals surface area contributed by atoms with E-state index in [1.54, 1.807) is 12.8 Å². The van der Waals surface area contributed by atoms with Crippen LogP contribution in [0.1, 0.15) is 26.7 Å². The molecule has 0 aromatic heterocycles. The number of rotatable bonds is 0. The van der Waals surface area contributed by atoms with Gasteiger partial charge < -0.3 is 0 Å². The second-order valence-electron chi connectivity index (χ2n) is 19.8. The largest absolute Gasteiger partial charge is 0.0582 e. The third kappa shape index (κ3) is 0.224. The van der Waals surface area contributed by atoms with Crippen molar-refractivity contribution in [2.75, 3.05) is 0 Å². The van der Waals surface area contributed by atoms with Crippen LogP contribution in [0.25, 0.3) is 0 Å². The molecule has 0 N–H and O–H groups in total. The second kappa shape index (κ2) is 1.54. The summed E-state index contributed by atoms with van der Waals surface area (Å²) in [5, 5.41) is 0. The molecular weight excluding hydrogens is 372 g/mol. The first-order chi connectivity index (χ1) is 15.2. The van der Waals surface area contributed by atoms with E-state index >= 15 is 0 Å². The molecule has 21 rings (SSSR count). The summed E-state index contributed by atoms with van der Waals surface area (Å²) in [6.45, 7) is 6.00. The van der Waals surface area contributed by atoms with Gasteiger partial charge in [0, 0.05) is 0 Å². The Morgan fingerprint density at radius 3 is 1.87 bits per heavy atom. The quantitative estimate of drug-likeness (QED) is 0.592. The van der Waals surface area contributed by atoms with E-state index in [9.17, 15) is 0 Å². The van der Waals surface area contributed by atoms with Gasteiger partial charge in [0.25, 0.3) is 0 Å². The van der Waals surface area contributed by atoms with E-state index in [2.05, 4.69) is 13.8 Å². The van der Waals surface area contributed by atoms with Gasteiger partial charge in [-0.05, 0) is 165 Å². The molecule has 0 heterocycles. The monoisotopic (exact) mass is 394 g/mol. The van der Waals surface area contributed by atoms with Crippen molar-refractivity contribution in [2.24, 2.45) is 152 Å². The smallest absolute Gasteiger partial charge is 0.000762 e. The lowest BCUT2D eigenvalue weighted by atomic mass is 8.48. The lowest BCUT2D eigenvalue weighted by Gasteiger charge is -3.54.